The van der Waals surface area contributed by atoms with E-state index in [1.165, 1.54) is 6.21 Å². The van der Waals surface area contributed by atoms with Gasteiger partial charge in [-0.25, -0.2) is 5.43 Å². The van der Waals surface area contributed by atoms with Crippen molar-refractivity contribution >= 4 is 12.1 Å². The number of nitrogens with zero attached hydrogens (tertiary/aromatic N) is 2. The molecule has 0 spiro atoms. The van der Waals surface area contributed by atoms with Crippen LogP contribution in [-0.2, 0) is 11.4 Å². The molecule has 0 aliphatic carbocycles. The summed E-state index contributed by atoms with van der Waals surface area (Å²) in [5, 5.41) is 12.2. The van der Waals surface area contributed by atoms with Crippen LogP contribution in [0.2, 0.25) is 0 Å². The van der Waals surface area contributed by atoms with Crippen LogP contribution in [0, 0.1) is 11.3 Å². The van der Waals surface area contributed by atoms with Crippen molar-refractivity contribution in [3.8, 4) is 11.8 Å². The van der Waals surface area contributed by atoms with Crippen LogP contribution in [0.3, 0.4) is 0 Å². The SMILES string of the molecule is N#CCC(=O)N/N=C/c1cccc(OCc2ccccc2)c1. The quantitative estimate of drug-likeness (QED) is 0.657. The molecule has 2 aromatic carbocycles. The summed E-state index contributed by atoms with van der Waals surface area (Å²) < 4.78 is 5.71. The molecule has 0 radical (unpaired) electrons. The van der Waals surface area contributed by atoms with Gasteiger partial charge in [0.05, 0.1) is 12.3 Å². The first-order chi connectivity index (χ1) is 10.8. The number of hydrazone groups is 1. The molecule has 0 aliphatic heterocycles. The van der Waals surface area contributed by atoms with Crippen molar-refractivity contribution in [3.63, 3.8) is 0 Å². The average Bonchev–Trinajstić information content (AvgIpc) is 2.55. The Labute approximate surface area is 128 Å². The maximum absolute atomic E-state index is 11.1. The lowest BCUT2D eigenvalue weighted by Gasteiger charge is -2.06. The molecular weight excluding hydrogens is 278 g/mol. The van der Waals surface area contributed by atoms with Crippen molar-refractivity contribution in [2.75, 3.05) is 0 Å². The first-order valence-corrected chi connectivity index (χ1v) is 6.73. The van der Waals surface area contributed by atoms with Gasteiger partial charge in [0.15, 0.2) is 0 Å². The van der Waals surface area contributed by atoms with Gasteiger partial charge in [-0.15, -0.1) is 0 Å². The van der Waals surface area contributed by atoms with Crippen LogP contribution in [-0.4, -0.2) is 12.1 Å². The highest BCUT2D eigenvalue weighted by Gasteiger charge is 1.98. The van der Waals surface area contributed by atoms with Gasteiger partial charge in [0.1, 0.15) is 18.8 Å². The second-order valence-electron chi connectivity index (χ2n) is 4.47. The van der Waals surface area contributed by atoms with E-state index < -0.39 is 5.91 Å². The number of rotatable bonds is 6. The van der Waals surface area contributed by atoms with E-state index in [1.807, 2.05) is 54.6 Å². The Morgan fingerprint density at radius 3 is 2.82 bits per heavy atom. The van der Waals surface area contributed by atoms with E-state index >= 15 is 0 Å². The molecule has 0 aromatic heterocycles. The fraction of sp³-hybridized carbons (Fsp3) is 0.118. The minimum absolute atomic E-state index is 0.211. The standard InChI is InChI=1S/C17H15N3O2/c18-10-9-17(21)20-19-12-15-7-4-8-16(11-15)22-13-14-5-2-1-3-6-14/h1-8,11-12H,9,13H2,(H,20,21)/b19-12+. The molecule has 0 atom stereocenters. The molecular formula is C17H15N3O2. The largest absolute Gasteiger partial charge is 0.489 e. The number of ether oxygens (including phenoxy) is 1. The number of nitrogens with one attached hydrogen (secondary N) is 1. The summed E-state index contributed by atoms with van der Waals surface area (Å²) >= 11 is 0. The minimum Gasteiger partial charge on any atom is -0.489 e. The number of nitriles is 1. The van der Waals surface area contributed by atoms with E-state index in [0.717, 1.165) is 16.9 Å². The zero-order chi connectivity index (χ0) is 15.6. The van der Waals surface area contributed by atoms with E-state index in [4.69, 9.17) is 10.00 Å². The van der Waals surface area contributed by atoms with Crippen LogP contribution in [0.4, 0.5) is 0 Å². The van der Waals surface area contributed by atoms with Gasteiger partial charge in [0.25, 0.3) is 5.91 Å². The van der Waals surface area contributed by atoms with Crippen LogP contribution < -0.4 is 10.2 Å². The highest BCUT2D eigenvalue weighted by atomic mass is 16.5. The van der Waals surface area contributed by atoms with Gasteiger partial charge in [-0.2, -0.15) is 10.4 Å². The van der Waals surface area contributed by atoms with Crippen LogP contribution in [0.25, 0.3) is 0 Å². The van der Waals surface area contributed by atoms with Gasteiger partial charge in [0, 0.05) is 0 Å². The van der Waals surface area contributed by atoms with E-state index in [2.05, 4.69) is 10.5 Å². The van der Waals surface area contributed by atoms with Crippen molar-refractivity contribution in [1.29, 1.82) is 5.26 Å². The third-order valence-corrected chi connectivity index (χ3v) is 2.75. The molecule has 1 N–H and O–H groups in total. The lowest BCUT2D eigenvalue weighted by molar-refractivity contribution is -0.120. The number of hydrogen-bond donors (Lipinski definition) is 1. The molecule has 0 bridgehead atoms. The summed E-state index contributed by atoms with van der Waals surface area (Å²) in [4.78, 5) is 11.1. The van der Waals surface area contributed by atoms with Crippen LogP contribution >= 0.6 is 0 Å². The summed E-state index contributed by atoms with van der Waals surface area (Å²) in [7, 11) is 0. The predicted molar refractivity (Wildman–Crippen MR) is 83.2 cm³/mol. The summed E-state index contributed by atoms with van der Waals surface area (Å²) in [6.45, 7) is 0.486. The normalized spacial score (nSPS) is 10.1. The van der Waals surface area contributed by atoms with E-state index in [9.17, 15) is 4.79 Å². The van der Waals surface area contributed by atoms with Gasteiger partial charge < -0.3 is 4.74 Å². The Morgan fingerprint density at radius 2 is 2.05 bits per heavy atom. The first kappa shape index (κ1) is 15.3. The Balaban J connectivity index is 1.91. The predicted octanol–water partition coefficient (Wildman–Crippen LogP) is 2.63. The lowest BCUT2D eigenvalue weighted by atomic mass is 10.2. The molecule has 2 rings (SSSR count). The molecule has 0 saturated carbocycles. The van der Waals surface area contributed by atoms with Crippen LogP contribution in [0.15, 0.2) is 59.7 Å². The molecule has 0 aliphatic rings. The van der Waals surface area contributed by atoms with Gasteiger partial charge in [-0.1, -0.05) is 42.5 Å². The van der Waals surface area contributed by atoms with Gasteiger partial charge in [-0.05, 0) is 23.3 Å². The second kappa shape index (κ2) is 8.22. The summed E-state index contributed by atoms with van der Waals surface area (Å²) in [6, 6.07) is 19.0. The molecule has 0 fully saturated rings. The molecule has 5 heteroatoms. The Bertz CT molecular complexity index is 691. The van der Waals surface area contributed by atoms with Crippen molar-refractivity contribution in [3.05, 3.63) is 65.7 Å². The molecule has 1 amide bonds. The van der Waals surface area contributed by atoms with Crippen molar-refractivity contribution in [1.82, 2.24) is 5.43 Å². The number of hydrogen-bond acceptors (Lipinski definition) is 4. The average molecular weight is 293 g/mol. The van der Waals surface area contributed by atoms with E-state index in [0.29, 0.717) is 6.61 Å². The molecule has 0 saturated heterocycles. The third-order valence-electron chi connectivity index (χ3n) is 2.75. The van der Waals surface area contributed by atoms with Crippen molar-refractivity contribution in [2.24, 2.45) is 5.10 Å². The molecule has 2 aromatic rings. The number of carbonyl (C=O) groups is 1. The highest BCUT2D eigenvalue weighted by molar-refractivity contribution is 5.83. The third kappa shape index (κ3) is 5.10. The van der Waals surface area contributed by atoms with Gasteiger partial charge in [0.2, 0.25) is 0 Å². The fourth-order valence-corrected chi connectivity index (χ4v) is 1.72. The Kier molecular flexibility index (Phi) is 5.70. The van der Waals surface area contributed by atoms with Crippen LogP contribution in [0.5, 0.6) is 5.75 Å². The van der Waals surface area contributed by atoms with Gasteiger partial charge in [-0.3, -0.25) is 4.79 Å². The zero-order valence-corrected chi connectivity index (χ0v) is 11.9. The minimum atomic E-state index is -0.435. The maximum Gasteiger partial charge on any atom is 0.254 e. The maximum atomic E-state index is 11.1. The van der Waals surface area contributed by atoms with Crippen molar-refractivity contribution in [2.45, 2.75) is 13.0 Å². The Morgan fingerprint density at radius 1 is 1.23 bits per heavy atom. The summed E-state index contributed by atoms with van der Waals surface area (Å²) in [5.41, 5.74) is 4.16. The molecule has 5 nitrogen and oxygen atoms in total. The highest BCUT2D eigenvalue weighted by Crippen LogP contribution is 2.14. The monoisotopic (exact) mass is 293 g/mol. The molecule has 110 valence electrons. The van der Waals surface area contributed by atoms with Crippen molar-refractivity contribution < 1.29 is 9.53 Å². The number of amides is 1. The lowest BCUT2D eigenvalue weighted by Crippen LogP contribution is -2.16. The van der Waals surface area contributed by atoms with E-state index in [1.54, 1.807) is 6.07 Å². The molecule has 0 unspecified atom stereocenters. The topological polar surface area (TPSA) is 74.5 Å². The number of benzene rings is 2. The van der Waals surface area contributed by atoms with Gasteiger partial charge >= 0.3 is 0 Å². The summed E-state index contributed by atoms with van der Waals surface area (Å²) in [5.74, 6) is 0.284. The van der Waals surface area contributed by atoms with Crippen LogP contribution in [0.1, 0.15) is 17.5 Å². The molecule has 22 heavy (non-hydrogen) atoms. The van der Waals surface area contributed by atoms with E-state index in [-0.39, 0.29) is 6.42 Å². The zero-order valence-electron chi connectivity index (χ0n) is 11.9. The fourth-order valence-electron chi connectivity index (χ4n) is 1.72. The first-order valence-electron chi connectivity index (χ1n) is 6.73. The number of carbonyl (C=O) groups excluding carboxylic acids is 1. The Hall–Kier alpha value is -3.13. The molecule has 0 heterocycles. The smallest absolute Gasteiger partial charge is 0.254 e. The second-order valence-corrected chi connectivity index (χ2v) is 4.47. The summed E-state index contributed by atoms with van der Waals surface area (Å²) in [6.07, 6.45) is 1.29.